The van der Waals surface area contributed by atoms with Crippen LogP contribution in [0.15, 0.2) is 6.33 Å². The molecule has 6 heteroatoms. The van der Waals surface area contributed by atoms with Gasteiger partial charge in [-0.25, -0.2) is 4.98 Å². The Labute approximate surface area is 101 Å². The van der Waals surface area contributed by atoms with Gasteiger partial charge in [0.15, 0.2) is 0 Å². The van der Waals surface area contributed by atoms with Crippen molar-refractivity contribution in [2.24, 2.45) is 11.1 Å². The lowest BCUT2D eigenvalue weighted by atomic mass is 9.88. The van der Waals surface area contributed by atoms with Crippen LogP contribution in [0.1, 0.15) is 32.5 Å². The quantitative estimate of drug-likeness (QED) is 0.593. The number of nitrogens with two attached hydrogens (primary N) is 1. The zero-order valence-corrected chi connectivity index (χ0v) is 10.5. The van der Waals surface area contributed by atoms with Gasteiger partial charge in [-0.2, -0.15) is 5.10 Å². The first-order valence-electron chi connectivity index (χ1n) is 5.89. The summed E-state index contributed by atoms with van der Waals surface area (Å²) >= 11 is 0. The minimum atomic E-state index is -0.388. The molecular weight excluding hydrogens is 218 g/mol. The Morgan fingerprint density at radius 1 is 1.59 bits per heavy atom. The summed E-state index contributed by atoms with van der Waals surface area (Å²) in [4.78, 5) is 15.8. The molecule has 1 amide bonds. The molecular formula is C11H21N5O. The lowest BCUT2D eigenvalue weighted by molar-refractivity contribution is -0.129. The van der Waals surface area contributed by atoms with Crippen LogP contribution in [0, 0.1) is 5.41 Å². The smallest absolute Gasteiger partial charge is 0.225 e. The van der Waals surface area contributed by atoms with Gasteiger partial charge in [0.1, 0.15) is 12.2 Å². The zero-order valence-electron chi connectivity index (χ0n) is 10.5. The maximum atomic E-state index is 11.8. The predicted molar refractivity (Wildman–Crippen MR) is 65.2 cm³/mol. The molecule has 0 saturated heterocycles. The van der Waals surface area contributed by atoms with Gasteiger partial charge in [0, 0.05) is 18.4 Å². The molecule has 1 rings (SSSR count). The Kier molecular flexibility index (Phi) is 5.09. The molecule has 0 radical (unpaired) electrons. The van der Waals surface area contributed by atoms with Crippen LogP contribution in [0.4, 0.5) is 0 Å². The fourth-order valence-electron chi connectivity index (χ4n) is 1.52. The van der Waals surface area contributed by atoms with Gasteiger partial charge in [0.2, 0.25) is 5.91 Å². The van der Waals surface area contributed by atoms with Crippen LogP contribution in [-0.2, 0) is 11.2 Å². The molecule has 0 aromatic carbocycles. The monoisotopic (exact) mass is 239 g/mol. The van der Waals surface area contributed by atoms with E-state index in [4.69, 9.17) is 5.73 Å². The van der Waals surface area contributed by atoms with Crippen LogP contribution in [0.3, 0.4) is 0 Å². The van der Waals surface area contributed by atoms with Crippen molar-refractivity contribution >= 4 is 5.91 Å². The Morgan fingerprint density at radius 3 is 2.94 bits per heavy atom. The second-order valence-electron chi connectivity index (χ2n) is 4.71. The van der Waals surface area contributed by atoms with E-state index in [0.29, 0.717) is 19.5 Å². The predicted octanol–water partition coefficient (Wildman–Crippen LogP) is 0.229. The molecule has 0 fully saturated rings. The number of hydrogen-bond acceptors (Lipinski definition) is 4. The number of nitrogens with zero attached hydrogens (tertiary/aromatic N) is 2. The molecule has 0 aliphatic rings. The lowest BCUT2D eigenvalue weighted by Gasteiger charge is -2.22. The highest BCUT2D eigenvalue weighted by atomic mass is 16.2. The number of rotatable bonds is 7. The Morgan fingerprint density at radius 2 is 2.35 bits per heavy atom. The third kappa shape index (κ3) is 4.52. The van der Waals surface area contributed by atoms with Crippen molar-refractivity contribution in [2.45, 2.75) is 33.1 Å². The molecule has 0 atom stereocenters. The Bertz CT molecular complexity index is 334. The molecule has 0 spiro atoms. The van der Waals surface area contributed by atoms with E-state index in [0.717, 1.165) is 18.7 Å². The summed E-state index contributed by atoms with van der Waals surface area (Å²) in [6.45, 7) is 4.99. The number of nitrogens with one attached hydrogen (secondary N) is 2. The Balaban J connectivity index is 2.20. The maximum absolute atomic E-state index is 11.8. The summed E-state index contributed by atoms with van der Waals surface area (Å²) in [5.41, 5.74) is 5.08. The molecule has 1 heterocycles. The summed E-state index contributed by atoms with van der Waals surface area (Å²) in [5.74, 6) is 0.904. The molecule has 1 aromatic rings. The van der Waals surface area contributed by atoms with Crippen LogP contribution < -0.4 is 11.1 Å². The second kappa shape index (κ2) is 6.34. The van der Waals surface area contributed by atoms with Crippen LogP contribution in [0.5, 0.6) is 0 Å². The number of hydrogen-bond donors (Lipinski definition) is 3. The number of aromatic nitrogens is 3. The number of carbonyl (C=O) groups excluding carboxylic acids is 1. The highest BCUT2D eigenvalue weighted by molar-refractivity contribution is 5.81. The molecule has 1 aromatic heterocycles. The number of aromatic amines is 1. The van der Waals surface area contributed by atoms with Crippen molar-refractivity contribution in [2.75, 3.05) is 13.1 Å². The van der Waals surface area contributed by atoms with E-state index in [1.165, 1.54) is 6.33 Å². The maximum Gasteiger partial charge on any atom is 0.225 e. The largest absolute Gasteiger partial charge is 0.356 e. The van der Waals surface area contributed by atoms with E-state index in [2.05, 4.69) is 20.5 Å². The molecule has 17 heavy (non-hydrogen) atoms. The number of aryl methyl sites for hydroxylation is 1. The first kappa shape index (κ1) is 13.6. The summed E-state index contributed by atoms with van der Waals surface area (Å²) in [5, 5.41) is 9.46. The topological polar surface area (TPSA) is 96.7 Å². The van der Waals surface area contributed by atoms with Gasteiger partial charge in [0.05, 0.1) is 0 Å². The van der Waals surface area contributed by atoms with Gasteiger partial charge < -0.3 is 11.1 Å². The molecule has 0 aliphatic carbocycles. The minimum absolute atomic E-state index is 0.0560. The summed E-state index contributed by atoms with van der Waals surface area (Å²) in [6, 6.07) is 0. The zero-order chi connectivity index (χ0) is 12.7. The molecule has 96 valence electrons. The third-order valence-electron chi connectivity index (χ3n) is 2.72. The Hall–Kier alpha value is -1.43. The molecule has 0 aliphatic heterocycles. The van der Waals surface area contributed by atoms with Crippen LogP contribution in [0.2, 0.25) is 0 Å². The average molecular weight is 239 g/mol. The van der Waals surface area contributed by atoms with E-state index in [1.54, 1.807) is 0 Å². The summed E-state index contributed by atoms with van der Waals surface area (Å²) in [7, 11) is 0. The third-order valence-corrected chi connectivity index (χ3v) is 2.72. The van der Waals surface area contributed by atoms with Crippen molar-refractivity contribution in [1.29, 1.82) is 0 Å². The number of amides is 1. The standard InChI is InChI=1S/C11H21N5O/c1-11(2,5-6-12)10(17)13-7-3-4-9-14-8-15-16-9/h8H,3-7,12H2,1-2H3,(H,13,17)(H,14,15,16). The van der Waals surface area contributed by atoms with E-state index in [9.17, 15) is 4.79 Å². The SMILES string of the molecule is CC(C)(CCN)C(=O)NCCCc1ncn[nH]1. The van der Waals surface area contributed by atoms with Crippen LogP contribution in [-0.4, -0.2) is 34.2 Å². The highest BCUT2D eigenvalue weighted by Gasteiger charge is 2.25. The van der Waals surface area contributed by atoms with E-state index >= 15 is 0 Å². The summed E-state index contributed by atoms with van der Waals surface area (Å²) < 4.78 is 0. The van der Waals surface area contributed by atoms with Gasteiger partial charge in [0.25, 0.3) is 0 Å². The molecule has 0 unspecified atom stereocenters. The van der Waals surface area contributed by atoms with E-state index < -0.39 is 0 Å². The number of carbonyl (C=O) groups is 1. The first-order valence-corrected chi connectivity index (χ1v) is 5.89. The fraction of sp³-hybridized carbons (Fsp3) is 0.727. The highest BCUT2D eigenvalue weighted by Crippen LogP contribution is 2.18. The van der Waals surface area contributed by atoms with Crippen molar-refractivity contribution in [3.63, 3.8) is 0 Å². The van der Waals surface area contributed by atoms with Crippen molar-refractivity contribution in [3.8, 4) is 0 Å². The van der Waals surface area contributed by atoms with Gasteiger partial charge in [-0.05, 0) is 19.4 Å². The first-order chi connectivity index (χ1) is 8.06. The van der Waals surface area contributed by atoms with E-state index in [-0.39, 0.29) is 11.3 Å². The van der Waals surface area contributed by atoms with Crippen LogP contribution >= 0.6 is 0 Å². The number of H-pyrrole nitrogens is 1. The normalized spacial score (nSPS) is 11.5. The molecule has 0 saturated carbocycles. The van der Waals surface area contributed by atoms with Gasteiger partial charge in [-0.1, -0.05) is 13.8 Å². The van der Waals surface area contributed by atoms with Crippen LogP contribution in [0.25, 0.3) is 0 Å². The van der Waals surface area contributed by atoms with Gasteiger partial charge >= 0.3 is 0 Å². The van der Waals surface area contributed by atoms with Crippen molar-refractivity contribution in [3.05, 3.63) is 12.2 Å². The molecule has 6 nitrogen and oxygen atoms in total. The fourth-order valence-corrected chi connectivity index (χ4v) is 1.52. The lowest BCUT2D eigenvalue weighted by Crippen LogP contribution is -2.38. The average Bonchev–Trinajstić information content (AvgIpc) is 2.76. The van der Waals surface area contributed by atoms with Crippen molar-refractivity contribution < 1.29 is 4.79 Å². The summed E-state index contributed by atoms with van der Waals surface area (Å²) in [6.07, 6.45) is 3.82. The minimum Gasteiger partial charge on any atom is -0.356 e. The molecule has 0 bridgehead atoms. The van der Waals surface area contributed by atoms with Crippen molar-refractivity contribution in [1.82, 2.24) is 20.5 Å². The van der Waals surface area contributed by atoms with Gasteiger partial charge in [-0.3, -0.25) is 9.89 Å². The van der Waals surface area contributed by atoms with E-state index in [1.807, 2.05) is 13.8 Å². The van der Waals surface area contributed by atoms with Gasteiger partial charge in [-0.15, -0.1) is 0 Å². The second-order valence-corrected chi connectivity index (χ2v) is 4.71. The molecule has 4 N–H and O–H groups in total.